The van der Waals surface area contributed by atoms with E-state index in [1.165, 1.54) is 28.5 Å². The maximum absolute atomic E-state index is 12.8. The Hall–Kier alpha value is -1.98. The van der Waals surface area contributed by atoms with Gasteiger partial charge in [-0.2, -0.15) is 0 Å². The summed E-state index contributed by atoms with van der Waals surface area (Å²) < 4.78 is 14.0. The summed E-state index contributed by atoms with van der Waals surface area (Å²) in [5.41, 5.74) is 2.38. The van der Waals surface area contributed by atoms with Crippen molar-refractivity contribution < 1.29 is 9.00 Å². The van der Waals surface area contributed by atoms with Gasteiger partial charge in [0, 0.05) is 22.6 Å². The number of benzene rings is 2. The van der Waals surface area contributed by atoms with Gasteiger partial charge in [0.25, 0.3) is 0 Å². The van der Waals surface area contributed by atoms with Crippen LogP contribution in [0, 0.1) is 5.92 Å². The van der Waals surface area contributed by atoms with Crippen LogP contribution in [0.25, 0.3) is 10.1 Å². The summed E-state index contributed by atoms with van der Waals surface area (Å²) in [6.45, 7) is 0.725. The Morgan fingerprint density at radius 3 is 2.75 bits per heavy atom. The molecular weight excluding hydrogens is 386 g/mol. The smallest absolute Gasteiger partial charge is 0.220 e. The molecule has 1 atom stereocenters. The average Bonchev–Trinajstić information content (AvgIpc) is 3.43. The molecule has 0 radical (unpaired) electrons. The van der Waals surface area contributed by atoms with E-state index in [9.17, 15) is 9.00 Å². The number of carbonyl (C=O) groups excluding carboxylic acids is 1. The molecule has 28 heavy (non-hydrogen) atoms. The van der Waals surface area contributed by atoms with Gasteiger partial charge in [-0.15, -0.1) is 11.3 Å². The van der Waals surface area contributed by atoms with Crippen LogP contribution in [0.5, 0.6) is 0 Å². The van der Waals surface area contributed by atoms with E-state index in [1.54, 1.807) is 11.3 Å². The number of hydrogen-bond donors (Lipinski definition) is 1. The SMILES string of the molecule is O=C(CC1CC1)NCCCc1csc2ccc(S(=O)Cc3ccccc3)cc12. The number of amides is 1. The van der Waals surface area contributed by atoms with Crippen LogP contribution in [0.4, 0.5) is 0 Å². The van der Waals surface area contributed by atoms with Crippen LogP contribution in [0.15, 0.2) is 58.8 Å². The summed E-state index contributed by atoms with van der Waals surface area (Å²) >= 11 is 1.73. The number of fused-ring (bicyclic) bond motifs is 1. The second-order valence-corrected chi connectivity index (χ2v) is 9.86. The molecule has 1 heterocycles. The number of hydrogen-bond acceptors (Lipinski definition) is 3. The third-order valence-corrected chi connectivity index (χ3v) is 7.53. The quantitative estimate of drug-likeness (QED) is 0.500. The summed E-state index contributed by atoms with van der Waals surface area (Å²) in [7, 11) is -1.05. The Kier molecular flexibility index (Phi) is 6.23. The molecule has 0 spiro atoms. The summed E-state index contributed by atoms with van der Waals surface area (Å²) in [4.78, 5) is 12.7. The van der Waals surface area contributed by atoms with E-state index in [-0.39, 0.29) is 5.91 Å². The van der Waals surface area contributed by atoms with Gasteiger partial charge in [-0.05, 0) is 71.7 Å². The number of nitrogens with one attached hydrogen (secondary N) is 1. The van der Waals surface area contributed by atoms with Gasteiger partial charge in [-0.1, -0.05) is 30.3 Å². The first-order chi connectivity index (χ1) is 13.7. The molecule has 1 amide bonds. The molecule has 3 nitrogen and oxygen atoms in total. The van der Waals surface area contributed by atoms with Crippen molar-refractivity contribution in [3.63, 3.8) is 0 Å². The van der Waals surface area contributed by atoms with E-state index in [2.05, 4.69) is 22.8 Å². The molecule has 1 fully saturated rings. The van der Waals surface area contributed by atoms with Gasteiger partial charge in [-0.3, -0.25) is 9.00 Å². The highest BCUT2D eigenvalue weighted by atomic mass is 32.2. The van der Waals surface area contributed by atoms with Crippen LogP contribution < -0.4 is 5.32 Å². The lowest BCUT2D eigenvalue weighted by molar-refractivity contribution is -0.121. The van der Waals surface area contributed by atoms with Crippen molar-refractivity contribution in [1.82, 2.24) is 5.32 Å². The van der Waals surface area contributed by atoms with E-state index in [0.29, 0.717) is 18.1 Å². The van der Waals surface area contributed by atoms with Crippen molar-refractivity contribution in [2.45, 2.75) is 42.8 Å². The van der Waals surface area contributed by atoms with E-state index in [0.717, 1.165) is 29.8 Å². The maximum atomic E-state index is 12.8. The molecular formula is C23H25NO2S2. The van der Waals surface area contributed by atoms with Crippen LogP contribution in [-0.2, 0) is 27.8 Å². The van der Waals surface area contributed by atoms with Crippen LogP contribution in [-0.4, -0.2) is 16.7 Å². The van der Waals surface area contributed by atoms with Gasteiger partial charge in [0.2, 0.25) is 5.91 Å². The highest BCUT2D eigenvalue weighted by Gasteiger charge is 2.23. The van der Waals surface area contributed by atoms with Crippen molar-refractivity contribution in [2.75, 3.05) is 6.54 Å². The fraction of sp³-hybridized carbons (Fsp3) is 0.348. The molecule has 5 heteroatoms. The fourth-order valence-corrected chi connectivity index (χ4v) is 5.48. The third-order valence-electron chi connectivity index (χ3n) is 5.14. The first kappa shape index (κ1) is 19.3. The molecule has 0 saturated heterocycles. The molecule has 146 valence electrons. The predicted molar refractivity (Wildman–Crippen MR) is 117 cm³/mol. The van der Waals surface area contributed by atoms with Crippen LogP contribution >= 0.6 is 11.3 Å². The lowest BCUT2D eigenvalue weighted by atomic mass is 10.1. The zero-order chi connectivity index (χ0) is 19.3. The van der Waals surface area contributed by atoms with Gasteiger partial charge >= 0.3 is 0 Å². The van der Waals surface area contributed by atoms with Crippen molar-refractivity contribution in [3.05, 3.63) is 65.0 Å². The second-order valence-electron chi connectivity index (χ2n) is 7.50. The summed E-state index contributed by atoms with van der Waals surface area (Å²) in [6.07, 6.45) is 4.97. The average molecular weight is 412 g/mol. The maximum Gasteiger partial charge on any atom is 0.220 e. The topological polar surface area (TPSA) is 46.2 Å². The van der Waals surface area contributed by atoms with Gasteiger partial charge < -0.3 is 5.32 Å². The molecule has 4 rings (SSSR count). The van der Waals surface area contributed by atoms with Crippen LogP contribution in [0.1, 0.15) is 36.8 Å². The Labute approximate surface area is 172 Å². The Morgan fingerprint density at radius 1 is 1.14 bits per heavy atom. The molecule has 0 aliphatic heterocycles. The van der Waals surface area contributed by atoms with E-state index < -0.39 is 10.8 Å². The van der Waals surface area contributed by atoms with Gasteiger partial charge in [0.15, 0.2) is 0 Å². The first-order valence-corrected chi connectivity index (χ1v) is 12.1. The summed E-state index contributed by atoms with van der Waals surface area (Å²) in [5.74, 6) is 1.37. The predicted octanol–water partition coefficient (Wildman–Crippen LogP) is 5.06. The summed E-state index contributed by atoms with van der Waals surface area (Å²) in [5, 5.41) is 6.43. The normalized spacial score (nSPS) is 14.9. The molecule has 0 bridgehead atoms. The van der Waals surface area contributed by atoms with Crippen molar-refractivity contribution in [1.29, 1.82) is 0 Å². The Morgan fingerprint density at radius 2 is 1.96 bits per heavy atom. The zero-order valence-electron chi connectivity index (χ0n) is 15.9. The third kappa shape index (κ3) is 5.09. The Bertz CT molecular complexity index is 977. The highest BCUT2D eigenvalue weighted by Crippen LogP contribution is 2.32. The molecule has 2 aromatic carbocycles. The van der Waals surface area contributed by atoms with Crippen molar-refractivity contribution >= 4 is 38.1 Å². The van der Waals surface area contributed by atoms with Gasteiger partial charge in [0.1, 0.15) is 0 Å². The number of rotatable bonds is 9. The minimum atomic E-state index is -1.05. The van der Waals surface area contributed by atoms with Gasteiger partial charge in [0.05, 0.1) is 16.6 Å². The van der Waals surface area contributed by atoms with E-state index in [1.807, 2.05) is 36.4 Å². The van der Waals surface area contributed by atoms with Crippen LogP contribution in [0.2, 0.25) is 0 Å². The lowest BCUT2D eigenvalue weighted by Crippen LogP contribution is -2.24. The van der Waals surface area contributed by atoms with Crippen molar-refractivity contribution in [2.24, 2.45) is 5.92 Å². The molecule has 1 aliphatic carbocycles. The number of thiophene rings is 1. The first-order valence-electron chi connectivity index (χ1n) is 9.88. The van der Waals surface area contributed by atoms with E-state index in [4.69, 9.17) is 0 Å². The van der Waals surface area contributed by atoms with Gasteiger partial charge in [-0.25, -0.2) is 0 Å². The fourth-order valence-electron chi connectivity index (χ4n) is 3.37. The Balaban J connectivity index is 1.37. The van der Waals surface area contributed by atoms with Crippen molar-refractivity contribution in [3.8, 4) is 0 Å². The summed E-state index contributed by atoms with van der Waals surface area (Å²) in [6, 6.07) is 16.1. The molecule has 1 saturated carbocycles. The molecule has 1 unspecified atom stereocenters. The van der Waals surface area contributed by atoms with E-state index >= 15 is 0 Å². The number of carbonyl (C=O) groups is 1. The van der Waals surface area contributed by atoms with Crippen LogP contribution in [0.3, 0.4) is 0 Å². The number of aryl methyl sites for hydroxylation is 1. The standard InChI is InChI=1S/C23H25NO2S2/c25-23(13-17-8-9-17)24-12-4-7-19-15-27-22-11-10-20(14-21(19)22)28(26)16-18-5-2-1-3-6-18/h1-3,5-6,10-11,14-15,17H,4,7-9,12-13,16H2,(H,24,25). The molecule has 1 aromatic heterocycles. The second kappa shape index (κ2) is 9.01. The monoisotopic (exact) mass is 411 g/mol. The molecule has 3 aromatic rings. The minimum absolute atomic E-state index is 0.191. The molecule has 1 aliphatic rings. The lowest BCUT2D eigenvalue weighted by Gasteiger charge is -2.06. The highest BCUT2D eigenvalue weighted by molar-refractivity contribution is 7.84. The largest absolute Gasteiger partial charge is 0.356 e. The zero-order valence-corrected chi connectivity index (χ0v) is 17.5. The molecule has 1 N–H and O–H groups in total. The minimum Gasteiger partial charge on any atom is -0.356 e.